The van der Waals surface area contributed by atoms with Crippen molar-refractivity contribution in [3.63, 3.8) is 0 Å². The zero-order chi connectivity index (χ0) is 21.9. The lowest BCUT2D eigenvalue weighted by atomic mass is 9.84. The van der Waals surface area contributed by atoms with Crippen molar-refractivity contribution in [2.75, 3.05) is 14.2 Å². The summed E-state index contributed by atoms with van der Waals surface area (Å²) in [5, 5.41) is 0. The van der Waals surface area contributed by atoms with Crippen molar-refractivity contribution < 1.29 is 14.2 Å². The molecule has 5 rings (SSSR count). The molecule has 3 nitrogen and oxygen atoms in total. The van der Waals surface area contributed by atoms with Crippen LogP contribution in [-0.4, -0.2) is 14.2 Å². The Labute approximate surface area is 188 Å². The molecule has 0 N–H and O–H groups in total. The maximum absolute atomic E-state index is 6.20. The molecule has 32 heavy (non-hydrogen) atoms. The van der Waals surface area contributed by atoms with Crippen LogP contribution in [0.5, 0.6) is 23.0 Å². The number of hydrogen-bond donors (Lipinski definition) is 0. The molecule has 1 aliphatic heterocycles. The molecule has 0 saturated heterocycles. The molecule has 0 atom stereocenters. The van der Waals surface area contributed by atoms with Crippen LogP contribution < -0.4 is 14.2 Å². The van der Waals surface area contributed by atoms with Crippen LogP contribution in [0, 0.1) is 0 Å². The van der Waals surface area contributed by atoms with Gasteiger partial charge in [-0.05, 0) is 53.1 Å². The van der Waals surface area contributed by atoms with Gasteiger partial charge in [0.2, 0.25) is 0 Å². The third-order valence-corrected chi connectivity index (χ3v) is 5.86. The third kappa shape index (κ3) is 3.74. The summed E-state index contributed by atoms with van der Waals surface area (Å²) in [6.45, 7) is 0. The van der Waals surface area contributed by atoms with Gasteiger partial charge in [0, 0.05) is 17.0 Å². The Hall–Kier alpha value is -3.98. The van der Waals surface area contributed by atoms with Crippen LogP contribution in [0.4, 0.5) is 0 Å². The predicted molar refractivity (Wildman–Crippen MR) is 128 cm³/mol. The molecular formula is C29H24O3. The van der Waals surface area contributed by atoms with E-state index in [4.69, 9.17) is 14.2 Å². The SMILES string of the molecule is COc1ccc(C(=CC2c3ccccc3Oc3ccccc32)c2ccc(OC)cc2)cc1. The van der Waals surface area contributed by atoms with Gasteiger partial charge in [-0.25, -0.2) is 0 Å². The maximum Gasteiger partial charge on any atom is 0.131 e. The summed E-state index contributed by atoms with van der Waals surface area (Å²) >= 11 is 0. The van der Waals surface area contributed by atoms with Gasteiger partial charge < -0.3 is 14.2 Å². The summed E-state index contributed by atoms with van der Waals surface area (Å²) in [6.07, 6.45) is 2.34. The van der Waals surface area contributed by atoms with Crippen LogP contribution in [-0.2, 0) is 0 Å². The molecular weight excluding hydrogens is 396 g/mol. The summed E-state index contributed by atoms with van der Waals surface area (Å²) in [6, 6.07) is 32.9. The second-order valence-corrected chi connectivity index (χ2v) is 7.69. The first-order valence-corrected chi connectivity index (χ1v) is 10.6. The lowest BCUT2D eigenvalue weighted by Gasteiger charge is -2.27. The van der Waals surface area contributed by atoms with Gasteiger partial charge in [0.05, 0.1) is 14.2 Å². The largest absolute Gasteiger partial charge is 0.497 e. The Bertz CT molecular complexity index is 1160. The van der Waals surface area contributed by atoms with Gasteiger partial charge >= 0.3 is 0 Å². The first-order valence-electron chi connectivity index (χ1n) is 10.6. The molecule has 0 fully saturated rings. The van der Waals surface area contributed by atoms with Crippen LogP contribution in [0.3, 0.4) is 0 Å². The minimum absolute atomic E-state index is 0.0651. The normalized spacial score (nSPS) is 12.2. The minimum Gasteiger partial charge on any atom is -0.497 e. The van der Waals surface area contributed by atoms with Gasteiger partial charge in [-0.3, -0.25) is 0 Å². The molecule has 0 saturated carbocycles. The van der Waals surface area contributed by atoms with E-state index in [0.29, 0.717) is 0 Å². The van der Waals surface area contributed by atoms with Crippen molar-refractivity contribution in [2.24, 2.45) is 0 Å². The molecule has 0 unspecified atom stereocenters. The third-order valence-electron chi connectivity index (χ3n) is 5.86. The molecule has 0 aliphatic carbocycles. The van der Waals surface area contributed by atoms with E-state index in [-0.39, 0.29) is 5.92 Å². The average Bonchev–Trinajstić information content (AvgIpc) is 2.87. The van der Waals surface area contributed by atoms with Crippen molar-refractivity contribution in [2.45, 2.75) is 5.92 Å². The highest BCUT2D eigenvalue weighted by Gasteiger charge is 2.26. The topological polar surface area (TPSA) is 27.7 Å². The Morgan fingerprint density at radius 1 is 0.625 bits per heavy atom. The van der Waals surface area contributed by atoms with E-state index in [0.717, 1.165) is 50.8 Å². The molecule has 4 aromatic carbocycles. The zero-order valence-corrected chi connectivity index (χ0v) is 18.1. The van der Waals surface area contributed by atoms with Gasteiger partial charge in [-0.1, -0.05) is 66.7 Å². The van der Waals surface area contributed by atoms with Crippen molar-refractivity contribution in [1.82, 2.24) is 0 Å². The minimum atomic E-state index is 0.0651. The number of methoxy groups -OCH3 is 2. The zero-order valence-electron chi connectivity index (χ0n) is 18.1. The summed E-state index contributed by atoms with van der Waals surface area (Å²) in [5.41, 5.74) is 5.71. The Kier molecular flexibility index (Phi) is 5.39. The number of para-hydroxylation sites is 2. The van der Waals surface area contributed by atoms with Crippen molar-refractivity contribution >= 4 is 5.57 Å². The number of benzene rings is 4. The van der Waals surface area contributed by atoms with Gasteiger partial charge in [0.15, 0.2) is 0 Å². The van der Waals surface area contributed by atoms with E-state index in [1.807, 2.05) is 48.5 Å². The van der Waals surface area contributed by atoms with Crippen molar-refractivity contribution in [3.8, 4) is 23.0 Å². The van der Waals surface area contributed by atoms with Crippen LogP contribution in [0.15, 0.2) is 103 Å². The quantitative estimate of drug-likeness (QED) is 0.345. The van der Waals surface area contributed by atoms with Gasteiger partial charge in [0.25, 0.3) is 0 Å². The molecule has 0 amide bonds. The monoisotopic (exact) mass is 420 g/mol. The molecule has 0 aromatic heterocycles. The smallest absolute Gasteiger partial charge is 0.131 e. The summed E-state index contributed by atoms with van der Waals surface area (Å²) in [5.74, 6) is 3.54. The number of fused-ring (bicyclic) bond motifs is 2. The van der Waals surface area contributed by atoms with Gasteiger partial charge in [0.1, 0.15) is 23.0 Å². The molecule has 3 heteroatoms. The molecule has 158 valence electrons. The summed E-state index contributed by atoms with van der Waals surface area (Å²) in [7, 11) is 3.37. The van der Waals surface area contributed by atoms with E-state index >= 15 is 0 Å². The first-order chi connectivity index (χ1) is 15.8. The van der Waals surface area contributed by atoms with Crippen LogP contribution in [0.1, 0.15) is 28.2 Å². The number of ether oxygens (including phenoxy) is 3. The van der Waals surface area contributed by atoms with Crippen LogP contribution in [0.2, 0.25) is 0 Å². The van der Waals surface area contributed by atoms with Crippen molar-refractivity contribution in [1.29, 1.82) is 0 Å². The van der Waals surface area contributed by atoms with E-state index in [9.17, 15) is 0 Å². The van der Waals surface area contributed by atoms with Gasteiger partial charge in [-0.15, -0.1) is 0 Å². The van der Waals surface area contributed by atoms with E-state index in [1.165, 1.54) is 0 Å². The summed E-state index contributed by atoms with van der Waals surface area (Å²) in [4.78, 5) is 0. The molecule has 0 radical (unpaired) electrons. The summed E-state index contributed by atoms with van der Waals surface area (Å²) < 4.78 is 16.9. The lowest BCUT2D eigenvalue weighted by Crippen LogP contribution is -2.09. The molecule has 1 aliphatic rings. The predicted octanol–water partition coefficient (Wildman–Crippen LogP) is 7.07. The van der Waals surface area contributed by atoms with E-state index < -0.39 is 0 Å². The standard InChI is InChI=1S/C29H24O3/c1-30-22-15-11-20(12-16-22)26(21-13-17-23(31-2)18-14-21)19-27-24-7-3-5-9-28(24)32-29-10-6-4-8-25(27)29/h3-19,27H,1-2H3. The van der Waals surface area contributed by atoms with E-state index in [2.05, 4.69) is 54.6 Å². The molecule has 0 spiro atoms. The van der Waals surface area contributed by atoms with Crippen molar-refractivity contribution in [3.05, 3.63) is 125 Å². The van der Waals surface area contributed by atoms with Gasteiger partial charge in [-0.2, -0.15) is 0 Å². The number of allylic oxidation sites excluding steroid dienone is 1. The average molecular weight is 421 g/mol. The maximum atomic E-state index is 6.20. The molecule has 4 aromatic rings. The Morgan fingerprint density at radius 3 is 1.50 bits per heavy atom. The highest BCUT2D eigenvalue weighted by Crippen LogP contribution is 2.46. The fraction of sp³-hybridized carbons (Fsp3) is 0.103. The van der Waals surface area contributed by atoms with E-state index in [1.54, 1.807) is 14.2 Å². The fourth-order valence-electron chi connectivity index (χ4n) is 4.19. The highest BCUT2D eigenvalue weighted by molar-refractivity contribution is 5.82. The Morgan fingerprint density at radius 2 is 1.06 bits per heavy atom. The number of hydrogen-bond acceptors (Lipinski definition) is 3. The van der Waals surface area contributed by atoms with Crippen LogP contribution >= 0.6 is 0 Å². The molecule has 0 bridgehead atoms. The second-order valence-electron chi connectivity index (χ2n) is 7.69. The fourth-order valence-corrected chi connectivity index (χ4v) is 4.19. The first kappa shape index (κ1) is 20.0. The van der Waals surface area contributed by atoms with Crippen LogP contribution in [0.25, 0.3) is 5.57 Å². The molecule has 1 heterocycles. The Balaban J connectivity index is 1.70. The lowest BCUT2D eigenvalue weighted by molar-refractivity contribution is 0.414. The second kappa shape index (κ2) is 8.64. The highest BCUT2D eigenvalue weighted by atomic mass is 16.5. The number of rotatable bonds is 5.